The lowest BCUT2D eigenvalue weighted by Crippen LogP contribution is -2.45. The molecule has 2 amide bonds. The molecular formula is C46H61Cl5N5O12P. The van der Waals surface area contributed by atoms with Crippen LogP contribution in [0.5, 0.6) is 5.75 Å². The third kappa shape index (κ3) is 18.6. The van der Waals surface area contributed by atoms with E-state index in [0.717, 1.165) is 27.9 Å². The Hall–Kier alpha value is -4.05. The van der Waals surface area contributed by atoms with Crippen molar-refractivity contribution in [2.45, 2.75) is 102 Å². The van der Waals surface area contributed by atoms with Gasteiger partial charge >= 0.3 is 11.7 Å². The van der Waals surface area contributed by atoms with Crippen LogP contribution in [0.2, 0.25) is 10.0 Å². The highest BCUT2D eigenvalue weighted by Gasteiger charge is 2.45. The lowest BCUT2D eigenvalue weighted by molar-refractivity contribution is -0.144. The summed E-state index contributed by atoms with van der Waals surface area (Å²) < 4.78 is 38.4. The second-order valence-electron chi connectivity index (χ2n) is 17.0. The van der Waals surface area contributed by atoms with E-state index in [-0.39, 0.29) is 59.1 Å². The van der Waals surface area contributed by atoms with Crippen molar-refractivity contribution in [1.29, 1.82) is 0 Å². The van der Waals surface area contributed by atoms with Crippen molar-refractivity contribution < 1.29 is 52.0 Å². The van der Waals surface area contributed by atoms with Crippen LogP contribution >= 0.6 is 65.4 Å². The maximum atomic E-state index is 12.2. The first-order chi connectivity index (χ1) is 32.0. The zero-order valence-electron chi connectivity index (χ0n) is 40.1. The van der Waals surface area contributed by atoms with Gasteiger partial charge in [-0.2, -0.15) is 4.68 Å². The summed E-state index contributed by atoms with van der Waals surface area (Å²) in [4.78, 5) is 57.1. The molecule has 69 heavy (non-hydrogen) atoms. The highest BCUT2D eigenvalue weighted by Crippen LogP contribution is 2.38. The summed E-state index contributed by atoms with van der Waals surface area (Å²) in [5.41, 5.74) is 7.46. The number of ether oxygens (including phenoxy) is 3. The quantitative estimate of drug-likeness (QED) is 0.0573. The Morgan fingerprint density at radius 2 is 1.80 bits per heavy atom. The second kappa shape index (κ2) is 27.5. The van der Waals surface area contributed by atoms with Gasteiger partial charge in [0.25, 0.3) is 5.91 Å². The number of halogens is 5. The molecule has 0 bridgehead atoms. The van der Waals surface area contributed by atoms with Gasteiger partial charge in [0.1, 0.15) is 41.9 Å². The van der Waals surface area contributed by atoms with Gasteiger partial charge in [-0.15, -0.1) is 23.1 Å². The molecule has 5 rings (SSSR count). The molecule has 4 unspecified atom stereocenters. The first kappa shape index (κ1) is 61.1. The van der Waals surface area contributed by atoms with Gasteiger partial charge in [-0.05, 0) is 69.9 Å². The molecule has 0 radical (unpaired) electrons. The molecule has 2 aromatic heterocycles. The normalized spacial score (nSPS) is 15.7. The second-order valence-corrected chi connectivity index (χ2v) is 21.8. The van der Waals surface area contributed by atoms with Crippen molar-refractivity contribution in [2.24, 2.45) is 5.73 Å². The Labute approximate surface area is 427 Å². The fourth-order valence-corrected chi connectivity index (χ4v) is 8.04. The predicted molar refractivity (Wildman–Crippen MR) is 270 cm³/mol. The van der Waals surface area contributed by atoms with Gasteiger partial charge in [0.15, 0.2) is 12.2 Å². The number of terminal acetylenes is 1. The van der Waals surface area contributed by atoms with Gasteiger partial charge in [0, 0.05) is 31.4 Å². The van der Waals surface area contributed by atoms with E-state index in [1.54, 1.807) is 38.2 Å². The standard InChI is InChI=1S/C15H14Cl2N2O3.C15H22ClNO2.C11H13Cl2NO3.C5H12NO4P/c1-5-6-21-12-8-11(9(16)7-10(12)17)19-14(20)22-13(18-19)15(2,3)4;1-5-13-8-6-7-11(2)15(13)17(14(18)9-16)12(3)10-19-4;1-11(2)14(10(15)9(12)13)6-8(17-11)7-4-3-5-16-7;1-11(9,10)3-2-4(6)5(7)8/h1,7-8H,6H2,2-4H3;6-8,12H,5,9-10H2,1-4H3;3-5,8-9H,6H2,1-2H3;4H,2-3,6H2,1H3,(H,7,8)(H,9,10). The van der Waals surface area contributed by atoms with Crippen LogP contribution in [0, 0.1) is 19.3 Å². The number of carbonyl (C=O) groups is 3. The lowest BCUT2D eigenvalue weighted by Gasteiger charge is -2.31. The molecule has 4 N–H and O–H groups in total. The van der Waals surface area contributed by atoms with E-state index in [4.69, 9.17) is 103 Å². The molecule has 17 nitrogen and oxygen atoms in total. The van der Waals surface area contributed by atoms with E-state index in [0.29, 0.717) is 36.2 Å². The smallest absolute Gasteiger partial charge is 0.442 e. The minimum Gasteiger partial charge on any atom is -0.480 e. The van der Waals surface area contributed by atoms with E-state index in [1.165, 1.54) is 23.7 Å². The maximum Gasteiger partial charge on any atom is 0.442 e. The first-order valence-electron chi connectivity index (χ1n) is 21.2. The van der Waals surface area contributed by atoms with Gasteiger partial charge in [0.2, 0.25) is 11.8 Å². The van der Waals surface area contributed by atoms with Crippen molar-refractivity contribution in [3.8, 4) is 23.8 Å². The number of alkyl halides is 3. The summed E-state index contributed by atoms with van der Waals surface area (Å²) in [6.07, 6.45) is 7.32. The van der Waals surface area contributed by atoms with E-state index < -0.39 is 41.1 Å². The number of anilines is 1. The summed E-state index contributed by atoms with van der Waals surface area (Å²) >= 11 is 29.1. The van der Waals surface area contributed by atoms with Gasteiger partial charge < -0.3 is 48.6 Å². The maximum absolute atomic E-state index is 12.2. The Morgan fingerprint density at radius 1 is 1.14 bits per heavy atom. The molecular weight excluding hydrogens is 1020 g/mol. The Bertz CT molecular complexity index is 2460. The Kier molecular flexibility index (Phi) is 24.4. The molecule has 1 aliphatic rings. The third-order valence-electron chi connectivity index (χ3n) is 9.82. The van der Waals surface area contributed by atoms with Crippen LogP contribution < -0.4 is 21.1 Å². The average Bonchev–Trinajstić information content (AvgIpc) is 4.02. The number of aryl methyl sites for hydroxylation is 2. The number of furan rings is 1. The summed E-state index contributed by atoms with van der Waals surface area (Å²) in [5.74, 6) is 1.39. The number of hydrogen-bond acceptors (Lipinski definition) is 12. The van der Waals surface area contributed by atoms with E-state index in [2.05, 4.69) is 24.0 Å². The zero-order chi connectivity index (χ0) is 52.6. The summed E-state index contributed by atoms with van der Waals surface area (Å²) in [6.45, 7) is 17.4. The number of hydrogen-bond donors (Lipinski definition) is 3. The molecule has 23 heteroatoms. The fourth-order valence-electron chi connectivity index (χ4n) is 6.40. The molecule has 1 aliphatic heterocycles. The van der Waals surface area contributed by atoms with Crippen LogP contribution in [0.1, 0.15) is 83.8 Å². The molecule has 0 saturated carbocycles. The average molecular weight is 1080 g/mol. The Morgan fingerprint density at radius 3 is 2.29 bits per heavy atom. The number of aromatic nitrogens is 2. The van der Waals surface area contributed by atoms with Crippen molar-refractivity contribution in [3.63, 3.8) is 0 Å². The topological polar surface area (TPSA) is 230 Å². The van der Waals surface area contributed by atoms with Crippen LogP contribution in [0.25, 0.3) is 5.69 Å². The predicted octanol–water partition coefficient (Wildman–Crippen LogP) is 9.01. The number of nitrogens with two attached hydrogens (primary N) is 1. The van der Waals surface area contributed by atoms with Gasteiger partial charge in [-0.3, -0.25) is 18.9 Å². The number of nitrogens with zero attached hydrogens (tertiary/aromatic N) is 4. The number of amides is 2. The van der Waals surface area contributed by atoms with Crippen molar-refractivity contribution in [1.82, 2.24) is 14.7 Å². The van der Waals surface area contributed by atoms with Gasteiger partial charge in [0.05, 0.1) is 46.9 Å². The number of carboxylic acids is 1. The third-order valence-corrected chi connectivity index (χ3v) is 12.1. The molecule has 1 saturated heterocycles. The number of aliphatic carboxylic acids is 1. The highest BCUT2D eigenvalue weighted by atomic mass is 35.5. The number of para-hydroxylation sites is 1. The van der Waals surface area contributed by atoms with Crippen LogP contribution in [0.3, 0.4) is 0 Å². The molecule has 382 valence electrons. The first-order valence-corrected chi connectivity index (χ1v) is 25.7. The van der Waals surface area contributed by atoms with Crippen LogP contribution in [0.4, 0.5) is 5.69 Å². The van der Waals surface area contributed by atoms with Gasteiger partial charge in [-0.1, -0.05) is 98.2 Å². The molecule has 0 spiro atoms. The Balaban J connectivity index is 0.000000324. The molecule has 1 fully saturated rings. The highest BCUT2D eigenvalue weighted by molar-refractivity contribution is 7.57. The number of carbonyl (C=O) groups excluding carboxylic acids is 2. The minimum atomic E-state index is -3.10. The summed E-state index contributed by atoms with van der Waals surface area (Å²) in [6, 6.07) is 11.6. The minimum absolute atomic E-state index is 0.0223. The number of methoxy groups -OCH3 is 1. The van der Waals surface area contributed by atoms with Crippen LogP contribution in [-0.2, 0) is 40.3 Å². The zero-order valence-corrected chi connectivity index (χ0v) is 44.8. The van der Waals surface area contributed by atoms with Gasteiger partial charge in [-0.25, -0.2) is 4.79 Å². The van der Waals surface area contributed by atoms with E-state index >= 15 is 0 Å². The monoisotopic (exact) mass is 1080 g/mol. The van der Waals surface area contributed by atoms with Crippen LogP contribution in [-0.4, -0.2) is 111 Å². The van der Waals surface area contributed by atoms with Crippen molar-refractivity contribution in [3.05, 3.63) is 92.1 Å². The largest absolute Gasteiger partial charge is 0.480 e. The van der Waals surface area contributed by atoms with Crippen molar-refractivity contribution >= 4 is 88.8 Å². The molecule has 2 aromatic carbocycles. The number of benzene rings is 2. The van der Waals surface area contributed by atoms with Crippen LogP contribution in [0.15, 0.2) is 62.4 Å². The summed E-state index contributed by atoms with van der Waals surface area (Å²) in [5, 5.41) is 13.0. The molecule has 3 heterocycles. The molecule has 4 aromatic rings. The summed E-state index contributed by atoms with van der Waals surface area (Å²) in [7, 11) is -1.47. The number of carboxylic acid groups (broad SMARTS) is 1. The molecule has 0 aliphatic carbocycles. The van der Waals surface area contributed by atoms with Crippen molar-refractivity contribution in [2.75, 3.05) is 50.5 Å². The molecule has 4 atom stereocenters. The van der Waals surface area contributed by atoms with E-state index in [1.807, 2.05) is 52.8 Å². The fraction of sp³-hybridized carbons (Fsp3) is 0.500. The SMILES string of the molecule is C#CCOc1cc(-n2nc(C(C)(C)C)oc2=O)c(Cl)cc1Cl.CC1(C)OC(c2ccco2)CN1C(=O)C(Cl)Cl.CCc1cccc(C)c1N(C(=O)CCl)C(C)COC.CP(=O)(O)CCC(N)C(=O)O. The lowest BCUT2D eigenvalue weighted by atomic mass is 9.97. The van der Waals surface area contributed by atoms with E-state index in [9.17, 15) is 23.7 Å². The number of rotatable bonds is 15.